The summed E-state index contributed by atoms with van der Waals surface area (Å²) in [6.45, 7) is 14.1. The molecule has 0 amide bonds. The van der Waals surface area contributed by atoms with Crippen LogP contribution in [-0.4, -0.2) is 12.4 Å². The monoisotopic (exact) mass is 326 g/mol. The summed E-state index contributed by atoms with van der Waals surface area (Å²) in [6, 6.07) is 4.48. The molecule has 24 heavy (non-hydrogen) atoms. The number of carbonyl (C=O) groups is 1. The predicted octanol–water partition coefficient (Wildman–Crippen LogP) is 5.43. The molecule has 1 aliphatic carbocycles. The molecule has 2 bridgehead atoms. The van der Waals surface area contributed by atoms with Crippen molar-refractivity contribution in [3.05, 3.63) is 34.9 Å². The van der Waals surface area contributed by atoms with E-state index in [9.17, 15) is 4.79 Å². The molecule has 0 saturated heterocycles. The maximum Gasteiger partial charge on any atom is 0.163 e. The summed E-state index contributed by atoms with van der Waals surface area (Å²) in [5, 5.41) is 0. The van der Waals surface area contributed by atoms with Crippen molar-refractivity contribution in [2.45, 2.75) is 71.6 Å². The van der Waals surface area contributed by atoms with Crippen LogP contribution in [0.5, 0.6) is 5.75 Å². The Kier molecular flexibility index (Phi) is 4.14. The van der Waals surface area contributed by atoms with Crippen LogP contribution in [0, 0.1) is 5.92 Å². The minimum atomic E-state index is -0.0268. The summed E-state index contributed by atoms with van der Waals surface area (Å²) in [7, 11) is 0. The van der Waals surface area contributed by atoms with E-state index >= 15 is 0 Å². The molecule has 1 aromatic carbocycles. The van der Waals surface area contributed by atoms with Gasteiger partial charge in [0.1, 0.15) is 5.75 Å². The number of fused-ring (bicyclic) bond motifs is 3. The molecular weight excluding hydrogens is 296 g/mol. The van der Waals surface area contributed by atoms with Gasteiger partial charge in [-0.1, -0.05) is 53.7 Å². The summed E-state index contributed by atoms with van der Waals surface area (Å²) in [6.07, 6.45) is 4.92. The number of hydrogen-bond acceptors (Lipinski definition) is 2. The lowest BCUT2D eigenvalue weighted by molar-refractivity contribution is -0.113. The molecule has 2 nitrogen and oxygen atoms in total. The highest BCUT2D eigenvalue weighted by Gasteiger charge is 2.32. The highest BCUT2D eigenvalue weighted by molar-refractivity contribution is 6.23. The molecule has 1 aliphatic heterocycles. The lowest BCUT2D eigenvalue weighted by Gasteiger charge is -2.29. The van der Waals surface area contributed by atoms with Gasteiger partial charge in [-0.05, 0) is 41.2 Å². The van der Waals surface area contributed by atoms with Crippen molar-refractivity contribution in [1.29, 1.82) is 0 Å². The van der Waals surface area contributed by atoms with Gasteiger partial charge in [-0.3, -0.25) is 4.79 Å². The van der Waals surface area contributed by atoms with Gasteiger partial charge in [0.2, 0.25) is 0 Å². The van der Waals surface area contributed by atoms with Crippen molar-refractivity contribution in [1.82, 2.24) is 0 Å². The second-order valence-electron chi connectivity index (χ2n) is 9.36. The molecule has 0 unspecified atom stereocenters. The number of Topliss-reactive ketones (excluding diaryl/α,β-unsaturated/α-hetero) is 1. The Morgan fingerprint density at radius 1 is 1.04 bits per heavy atom. The van der Waals surface area contributed by atoms with Crippen molar-refractivity contribution < 1.29 is 9.53 Å². The molecule has 3 rings (SSSR count). The molecule has 0 saturated carbocycles. The average Bonchev–Trinajstić information content (AvgIpc) is 2.84. The van der Waals surface area contributed by atoms with E-state index in [-0.39, 0.29) is 16.6 Å². The lowest BCUT2D eigenvalue weighted by Crippen LogP contribution is -2.20. The largest absolute Gasteiger partial charge is 0.493 e. The van der Waals surface area contributed by atoms with E-state index in [0.717, 1.165) is 36.3 Å². The van der Waals surface area contributed by atoms with Gasteiger partial charge in [-0.25, -0.2) is 0 Å². The first-order valence-corrected chi connectivity index (χ1v) is 9.14. The molecule has 0 spiro atoms. The van der Waals surface area contributed by atoms with Crippen molar-refractivity contribution in [3.63, 3.8) is 0 Å². The van der Waals surface area contributed by atoms with Crippen LogP contribution in [0.2, 0.25) is 0 Å². The molecule has 130 valence electrons. The van der Waals surface area contributed by atoms with Gasteiger partial charge in [0, 0.05) is 23.1 Å². The van der Waals surface area contributed by atoms with Crippen molar-refractivity contribution in [3.8, 4) is 5.75 Å². The van der Waals surface area contributed by atoms with E-state index in [1.165, 1.54) is 11.1 Å². The quantitative estimate of drug-likeness (QED) is 0.635. The van der Waals surface area contributed by atoms with E-state index in [1.807, 2.05) is 0 Å². The van der Waals surface area contributed by atoms with Crippen molar-refractivity contribution >= 4 is 11.4 Å². The zero-order valence-corrected chi connectivity index (χ0v) is 16.0. The molecule has 2 heteroatoms. The molecule has 0 radical (unpaired) electrons. The fourth-order valence-corrected chi connectivity index (χ4v) is 3.66. The molecule has 1 aromatic rings. The van der Waals surface area contributed by atoms with Crippen LogP contribution in [0.25, 0.3) is 5.57 Å². The van der Waals surface area contributed by atoms with Crippen LogP contribution >= 0.6 is 0 Å². The zero-order chi connectivity index (χ0) is 17.7. The standard InChI is InChI=1S/C22H30O2/c1-21(2,3)15-12-17-16-10-14(11-19(16)23)8-7-9-24-20(17)18(13-15)22(4,5)6/h10,12-14H,7-9,11H2,1-6H3/t14-/m1/s1. The molecule has 1 heterocycles. The predicted molar refractivity (Wildman–Crippen MR) is 99.7 cm³/mol. The number of ketones is 1. The molecule has 0 aromatic heterocycles. The van der Waals surface area contributed by atoms with Gasteiger partial charge in [-0.2, -0.15) is 0 Å². The van der Waals surface area contributed by atoms with Crippen LogP contribution in [0.4, 0.5) is 0 Å². The summed E-state index contributed by atoms with van der Waals surface area (Å²) < 4.78 is 6.24. The second-order valence-corrected chi connectivity index (χ2v) is 9.36. The van der Waals surface area contributed by atoms with Gasteiger partial charge in [0.25, 0.3) is 0 Å². The Hall–Kier alpha value is -1.57. The fourth-order valence-electron chi connectivity index (χ4n) is 3.66. The Bertz CT molecular complexity index is 696. The SMILES string of the molecule is CC(C)(C)c1cc2c(c(C(C)(C)C)c1)OCCC[C@@H]1C=C2C(=O)C1. The summed E-state index contributed by atoms with van der Waals surface area (Å²) in [5.41, 5.74) is 4.39. The van der Waals surface area contributed by atoms with Crippen LogP contribution in [-0.2, 0) is 15.6 Å². The average molecular weight is 326 g/mol. The highest BCUT2D eigenvalue weighted by atomic mass is 16.5. The lowest BCUT2D eigenvalue weighted by atomic mass is 9.78. The summed E-state index contributed by atoms with van der Waals surface area (Å²) >= 11 is 0. The molecule has 1 atom stereocenters. The Balaban J connectivity index is 2.29. The van der Waals surface area contributed by atoms with Crippen molar-refractivity contribution in [2.24, 2.45) is 5.92 Å². The van der Waals surface area contributed by atoms with Crippen LogP contribution < -0.4 is 4.74 Å². The van der Waals surface area contributed by atoms with Gasteiger partial charge in [0.15, 0.2) is 5.78 Å². The smallest absolute Gasteiger partial charge is 0.163 e. The number of ether oxygens (including phenoxy) is 1. The van der Waals surface area contributed by atoms with E-state index in [0.29, 0.717) is 12.3 Å². The number of hydrogen-bond donors (Lipinski definition) is 0. The molecule has 0 fully saturated rings. The number of allylic oxidation sites excluding steroid dienone is 2. The van der Waals surface area contributed by atoms with Gasteiger partial charge < -0.3 is 4.74 Å². The normalized spacial score (nSPS) is 21.3. The van der Waals surface area contributed by atoms with E-state index < -0.39 is 0 Å². The summed E-state index contributed by atoms with van der Waals surface area (Å²) in [5.74, 6) is 1.59. The topological polar surface area (TPSA) is 26.3 Å². The number of rotatable bonds is 0. The van der Waals surface area contributed by atoms with Gasteiger partial charge >= 0.3 is 0 Å². The molecular formula is C22H30O2. The first-order valence-electron chi connectivity index (χ1n) is 9.14. The first-order chi connectivity index (χ1) is 11.1. The first kappa shape index (κ1) is 17.3. The maximum atomic E-state index is 12.6. The van der Waals surface area contributed by atoms with E-state index in [2.05, 4.69) is 59.8 Å². The van der Waals surface area contributed by atoms with E-state index in [4.69, 9.17) is 4.74 Å². The molecule has 2 aliphatic rings. The minimum absolute atomic E-state index is 0.0268. The van der Waals surface area contributed by atoms with Crippen LogP contribution in [0.3, 0.4) is 0 Å². The Labute approximate surface area is 146 Å². The van der Waals surface area contributed by atoms with E-state index in [1.54, 1.807) is 0 Å². The maximum absolute atomic E-state index is 12.6. The zero-order valence-electron chi connectivity index (χ0n) is 16.0. The van der Waals surface area contributed by atoms with Crippen LogP contribution in [0.15, 0.2) is 18.2 Å². The number of benzene rings is 1. The van der Waals surface area contributed by atoms with Gasteiger partial charge in [-0.15, -0.1) is 0 Å². The third-order valence-corrected chi connectivity index (χ3v) is 5.17. The fraction of sp³-hybridized carbons (Fsp3) is 0.591. The van der Waals surface area contributed by atoms with Crippen LogP contribution in [0.1, 0.15) is 77.5 Å². The third kappa shape index (κ3) is 3.16. The molecule has 0 N–H and O–H groups in total. The third-order valence-electron chi connectivity index (χ3n) is 5.17. The summed E-state index contributed by atoms with van der Waals surface area (Å²) in [4.78, 5) is 12.6. The minimum Gasteiger partial charge on any atom is -0.493 e. The van der Waals surface area contributed by atoms with Crippen molar-refractivity contribution in [2.75, 3.05) is 6.61 Å². The highest BCUT2D eigenvalue weighted by Crippen LogP contribution is 2.44. The Morgan fingerprint density at radius 2 is 1.75 bits per heavy atom. The second kappa shape index (κ2) is 5.75. The number of carbonyl (C=O) groups excluding carboxylic acids is 1. The Morgan fingerprint density at radius 3 is 2.38 bits per heavy atom. The van der Waals surface area contributed by atoms with Gasteiger partial charge in [0.05, 0.1) is 6.61 Å².